The van der Waals surface area contributed by atoms with Gasteiger partial charge in [0.05, 0.1) is 5.02 Å². The van der Waals surface area contributed by atoms with E-state index in [9.17, 15) is 12.8 Å². The van der Waals surface area contributed by atoms with E-state index in [4.69, 9.17) is 11.6 Å². The van der Waals surface area contributed by atoms with E-state index < -0.39 is 20.7 Å². The van der Waals surface area contributed by atoms with Crippen LogP contribution in [0.4, 0.5) is 4.39 Å². The Morgan fingerprint density at radius 2 is 2.20 bits per heavy atom. The van der Waals surface area contributed by atoms with Crippen LogP contribution in [0.5, 0.6) is 0 Å². The summed E-state index contributed by atoms with van der Waals surface area (Å²) in [6.45, 7) is 2.19. The predicted molar refractivity (Wildman–Crippen MR) is 79.4 cm³/mol. The minimum Gasteiger partial charge on any atom is -0.316 e. The van der Waals surface area contributed by atoms with Gasteiger partial charge in [-0.1, -0.05) is 17.7 Å². The molecule has 1 aliphatic heterocycles. The molecule has 1 aliphatic rings. The lowest BCUT2D eigenvalue weighted by molar-refractivity contribution is 0.515. The fourth-order valence-electron chi connectivity index (χ4n) is 2.13. The molecule has 0 bridgehead atoms. The molecule has 8 heteroatoms. The highest BCUT2D eigenvalue weighted by molar-refractivity contribution is 7.89. The molecule has 2 rings (SSSR count). The molecule has 4 nitrogen and oxygen atoms in total. The van der Waals surface area contributed by atoms with Crippen molar-refractivity contribution in [3.8, 4) is 0 Å². The van der Waals surface area contributed by atoms with Gasteiger partial charge in [-0.15, -0.1) is 12.4 Å². The summed E-state index contributed by atoms with van der Waals surface area (Å²) in [4.78, 5) is -0.399. The van der Waals surface area contributed by atoms with E-state index in [2.05, 4.69) is 10.0 Å². The molecule has 1 atom stereocenters. The van der Waals surface area contributed by atoms with Gasteiger partial charge in [0.15, 0.2) is 5.82 Å². The van der Waals surface area contributed by atoms with Crippen LogP contribution in [0.3, 0.4) is 0 Å². The third kappa shape index (κ3) is 4.30. The van der Waals surface area contributed by atoms with Crippen LogP contribution in [0.2, 0.25) is 5.02 Å². The van der Waals surface area contributed by atoms with Gasteiger partial charge in [-0.25, -0.2) is 17.5 Å². The summed E-state index contributed by atoms with van der Waals surface area (Å²) in [5.41, 5.74) is 0. The largest absolute Gasteiger partial charge is 0.316 e. The maximum absolute atomic E-state index is 13.7. The van der Waals surface area contributed by atoms with Gasteiger partial charge in [0.1, 0.15) is 4.90 Å². The van der Waals surface area contributed by atoms with Crippen molar-refractivity contribution in [2.24, 2.45) is 5.92 Å². The lowest BCUT2D eigenvalue weighted by Gasteiger charge is -2.10. The van der Waals surface area contributed by atoms with E-state index in [-0.39, 0.29) is 17.4 Å². The van der Waals surface area contributed by atoms with E-state index >= 15 is 0 Å². The molecule has 1 aromatic carbocycles. The molecule has 1 heterocycles. The fourth-order valence-corrected chi connectivity index (χ4v) is 3.50. The molecule has 1 aromatic rings. The second-order valence-electron chi connectivity index (χ2n) is 4.60. The molecule has 0 saturated carbocycles. The van der Waals surface area contributed by atoms with Crippen LogP contribution in [0.15, 0.2) is 23.1 Å². The van der Waals surface area contributed by atoms with Crippen molar-refractivity contribution < 1.29 is 12.8 Å². The number of rotatable bonds is 5. The molecule has 0 aliphatic carbocycles. The third-order valence-corrected chi connectivity index (χ3v) is 4.98. The molecule has 0 amide bonds. The molecule has 20 heavy (non-hydrogen) atoms. The van der Waals surface area contributed by atoms with Crippen molar-refractivity contribution in [2.45, 2.75) is 17.7 Å². The second-order valence-corrected chi connectivity index (χ2v) is 6.74. The van der Waals surface area contributed by atoms with Crippen molar-refractivity contribution in [1.29, 1.82) is 0 Å². The molecular weight excluding hydrogens is 326 g/mol. The summed E-state index contributed by atoms with van der Waals surface area (Å²) < 4.78 is 40.0. The summed E-state index contributed by atoms with van der Waals surface area (Å²) in [5.74, 6) is -0.425. The normalized spacial score (nSPS) is 18.8. The topological polar surface area (TPSA) is 58.2 Å². The zero-order valence-corrected chi connectivity index (χ0v) is 13.1. The second kappa shape index (κ2) is 7.56. The van der Waals surface area contributed by atoms with Crippen LogP contribution in [0, 0.1) is 11.7 Å². The van der Waals surface area contributed by atoms with Crippen LogP contribution in [-0.2, 0) is 10.0 Å². The Balaban J connectivity index is 0.00000200. The van der Waals surface area contributed by atoms with Gasteiger partial charge < -0.3 is 5.32 Å². The highest BCUT2D eigenvalue weighted by Gasteiger charge is 2.21. The quantitative estimate of drug-likeness (QED) is 0.862. The maximum atomic E-state index is 13.7. The number of sulfonamides is 1. The van der Waals surface area contributed by atoms with E-state index in [1.165, 1.54) is 18.2 Å². The lowest BCUT2D eigenvalue weighted by Crippen LogP contribution is -2.27. The standard InChI is InChI=1S/C12H16ClFN2O2S.ClH/c13-10-2-1-3-11(12(10)14)19(17,18)16-7-5-9-4-6-15-8-9;/h1-3,9,15-16H,4-8H2;1H. The van der Waals surface area contributed by atoms with Gasteiger partial charge in [-0.3, -0.25) is 0 Å². The van der Waals surface area contributed by atoms with Gasteiger partial charge in [0.25, 0.3) is 0 Å². The average molecular weight is 343 g/mol. The number of hydrogen-bond acceptors (Lipinski definition) is 3. The minimum atomic E-state index is -3.84. The summed E-state index contributed by atoms with van der Waals surface area (Å²) in [5, 5.41) is 3.02. The van der Waals surface area contributed by atoms with Crippen molar-refractivity contribution in [1.82, 2.24) is 10.0 Å². The monoisotopic (exact) mass is 342 g/mol. The van der Waals surface area contributed by atoms with E-state index in [0.29, 0.717) is 12.5 Å². The van der Waals surface area contributed by atoms with Crippen LogP contribution in [-0.4, -0.2) is 28.1 Å². The first-order valence-corrected chi connectivity index (χ1v) is 8.01. The highest BCUT2D eigenvalue weighted by atomic mass is 35.5. The first kappa shape index (κ1) is 17.7. The Bertz CT molecular complexity index is 548. The smallest absolute Gasteiger partial charge is 0.243 e. The number of halogens is 3. The molecule has 0 spiro atoms. The summed E-state index contributed by atoms with van der Waals surface area (Å²) in [7, 11) is -3.84. The van der Waals surface area contributed by atoms with Gasteiger partial charge in [0.2, 0.25) is 10.0 Å². The predicted octanol–water partition coefficient (Wildman–Crippen LogP) is 2.18. The van der Waals surface area contributed by atoms with E-state index in [1.54, 1.807) is 0 Å². The zero-order chi connectivity index (χ0) is 13.9. The molecule has 1 saturated heterocycles. The van der Waals surface area contributed by atoms with Crippen molar-refractivity contribution >= 4 is 34.0 Å². The first-order valence-electron chi connectivity index (χ1n) is 6.15. The first-order chi connectivity index (χ1) is 9.00. The zero-order valence-electron chi connectivity index (χ0n) is 10.7. The average Bonchev–Trinajstić information content (AvgIpc) is 2.85. The summed E-state index contributed by atoms with van der Waals surface area (Å²) >= 11 is 5.58. The van der Waals surface area contributed by atoms with Gasteiger partial charge in [-0.2, -0.15) is 0 Å². The van der Waals surface area contributed by atoms with E-state index in [0.717, 1.165) is 25.9 Å². The Morgan fingerprint density at radius 3 is 2.85 bits per heavy atom. The number of hydrogen-bond donors (Lipinski definition) is 2. The maximum Gasteiger partial charge on any atom is 0.243 e. The van der Waals surface area contributed by atoms with Crippen LogP contribution >= 0.6 is 24.0 Å². The van der Waals surface area contributed by atoms with Gasteiger partial charge in [0, 0.05) is 6.54 Å². The third-order valence-electron chi connectivity index (χ3n) is 3.21. The number of benzene rings is 1. The fraction of sp³-hybridized carbons (Fsp3) is 0.500. The van der Waals surface area contributed by atoms with Crippen molar-refractivity contribution in [3.63, 3.8) is 0 Å². The Kier molecular flexibility index (Phi) is 6.68. The lowest BCUT2D eigenvalue weighted by atomic mass is 10.1. The SMILES string of the molecule is Cl.O=S(=O)(NCCC1CCNC1)c1cccc(Cl)c1F. The van der Waals surface area contributed by atoms with Crippen molar-refractivity contribution in [2.75, 3.05) is 19.6 Å². The Morgan fingerprint density at radius 1 is 1.45 bits per heavy atom. The molecule has 0 radical (unpaired) electrons. The Labute approximate surface area is 129 Å². The molecule has 2 N–H and O–H groups in total. The van der Waals surface area contributed by atoms with Crippen LogP contribution < -0.4 is 10.0 Å². The van der Waals surface area contributed by atoms with Gasteiger partial charge in [-0.05, 0) is 44.0 Å². The number of nitrogens with one attached hydrogen (secondary N) is 2. The molecule has 114 valence electrons. The minimum absolute atomic E-state index is 0. The molecule has 0 aromatic heterocycles. The molecule has 1 unspecified atom stereocenters. The highest BCUT2D eigenvalue weighted by Crippen LogP contribution is 2.21. The molecule has 1 fully saturated rings. The van der Waals surface area contributed by atoms with E-state index in [1.807, 2.05) is 0 Å². The summed E-state index contributed by atoms with van der Waals surface area (Å²) in [6, 6.07) is 3.95. The van der Waals surface area contributed by atoms with Crippen LogP contribution in [0.25, 0.3) is 0 Å². The molecular formula is C12H17Cl2FN2O2S. The summed E-state index contributed by atoms with van der Waals surface area (Å²) in [6.07, 6.45) is 1.79. The Hall–Kier alpha value is -0.400. The van der Waals surface area contributed by atoms with Crippen molar-refractivity contribution in [3.05, 3.63) is 29.0 Å². The van der Waals surface area contributed by atoms with Gasteiger partial charge >= 0.3 is 0 Å². The van der Waals surface area contributed by atoms with Crippen LogP contribution in [0.1, 0.15) is 12.8 Å².